The van der Waals surface area contributed by atoms with Gasteiger partial charge in [-0.1, -0.05) is 30.3 Å². The van der Waals surface area contributed by atoms with E-state index in [-0.39, 0.29) is 17.9 Å². The molecule has 6 nitrogen and oxygen atoms in total. The van der Waals surface area contributed by atoms with E-state index in [9.17, 15) is 14.4 Å². The summed E-state index contributed by atoms with van der Waals surface area (Å²) in [6, 6.07) is 9.37. The number of likely N-dealkylation sites (tertiary alicyclic amines) is 1. The van der Waals surface area contributed by atoms with E-state index in [4.69, 9.17) is 0 Å². The summed E-state index contributed by atoms with van der Waals surface area (Å²) in [6.07, 6.45) is 1.83. The maximum absolute atomic E-state index is 12.8. The van der Waals surface area contributed by atoms with Crippen LogP contribution < -0.4 is 0 Å². The Morgan fingerprint density at radius 3 is 2.48 bits per heavy atom. The van der Waals surface area contributed by atoms with Gasteiger partial charge in [0.25, 0.3) is 0 Å². The zero-order chi connectivity index (χ0) is 16.2. The minimum Gasteiger partial charge on any atom is -0.342 e. The summed E-state index contributed by atoms with van der Waals surface area (Å²) in [5.74, 6) is 0.0519. The third-order valence-corrected chi connectivity index (χ3v) is 4.58. The van der Waals surface area contributed by atoms with Gasteiger partial charge in [-0.05, 0) is 12.0 Å². The van der Waals surface area contributed by atoms with Crippen LogP contribution in [0.25, 0.3) is 0 Å². The molecule has 0 radical (unpaired) electrons. The van der Waals surface area contributed by atoms with Crippen LogP contribution in [0.15, 0.2) is 30.3 Å². The van der Waals surface area contributed by atoms with Crippen LogP contribution in [0, 0.1) is 0 Å². The van der Waals surface area contributed by atoms with Crippen molar-refractivity contribution in [3.8, 4) is 0 Å². The summed E-state index contributed by atoms with van der Waals surface area (Å²) in [7, 11) is 0. The summed E-state index contributed by atoms with van der Waals surface area (Å²) in [5.41, 5.74) is 1.03. The van der Waals surface area contributed by atoms with Gasteiger partial charge in [0.15, 0.2) is 0 Å². The molecule has 2 saturated heterocycles. The number of carbonyl (C=O) groups excluding carboxylic acids is 3. The maximum Gasteiger partial charge on any atom is 0.245 e. The Labute approximate surface area is 135 Å². The summed E-state index contributed by atoms with van der Waals surface area (Å²) >= 11 is 0. The first kappa shape index (κ1) is 15.5. The average molecular weight is 315 g/mol. The van der Waals surface area contributed by atoms with Gasteiger partial charge in [-0.3, -0.25) is 14.4 Å². The fourth-order valence-corrected chi connectivity index (χ4v) is 3.23. The lowest BCUT2D eigenvalue weighted by atomic mass is 10.1. The van der Waals surface area contributed by atoms with Crippen molar-refractivity contribution in [2.45, 2.75) is 25.4 Å². The molecule has 1 aromatic rings. The molecular formula is C17H21N3O3. The predicted molar refractivity (Wildman–Crippen MR) is 84.2 cm³/mol. The second-order valence-electron chi connectivity index (χ2n) is 6.03. The standard InChI is InChI=1S/C17H21N3O3/c21-13-18-8-10-19(11-9-18)17(23)15-6-7-16(22)20(15)12-14-4-2-1-3-5-14/h1-5,13,15H,6-12H2. The molecule has 0 bridgehead atoms. The highest BCUT2D eigenvalue weighted by atomic mass is 16.2. The lowest BCUT2D eigenvalue weighted by molar-refractivity contribution is -0.143. The molecule has 6 heteroatoms. The van der Waals surface area contributed by atoms with Crippen molar-refractivity contribution in [2.24, 2.45) is 0 Å². The molecule has 122 valence electrons. The van der Waals surface area contributed by atoms with Crippen molar-refractivity contribution >= 4 is 18.2 Å². The van der Waals surface area contributed by atoms with Crippen LogP contribution in [0.5, 0.6) is 0 Å². The number of amides is 3. The second kappa shape index (κ2) is 6.81. The number of piperazine rings is 1. The summed E-state index contributed by atoms with van der Waals surface area (Å²) in [4.78, 5) is 40.9. The van der Waals surface area contributed by atoms with E-state index in [1.54, 1.807) is 14.7 Å². The Hall–Kier alpha value is -2.37. The van der Waals surface area contributed by atoms with E-state index in [1.807, 2.05) is 30.3 Å². The molecule has 0 saturated carbocycles. The minimum absolute atomic E-state index is 0.0114. The first-order chi connectivity index (χ1) is 11.2. The molecule has 3 amide bonds. The SMILES string of the molecule is O=CN1CCN(C(=O)C2CCC(=O)N2Cc2ccccc2)CC1. The van der Waals surface area contributed by atoms with E-state index < -0.39 is 0 Å². The molecule has 1 unspecified atom stereocenters. The molecule has 0 spiro atoms. The Morgan fingerprint density at radius 2 is 1.83 bits per heavy atom. The highest BCUT2D eigenvalue weighted by Gasteiger charge is 2.38. The number of nitrogens with zero attached hydrogens (tertiary/aromatic N) is 3. The van der Waals surface area contributed by atoms with Gasteiger partial charge in [-0.2, -0.15) is 0 Å². The van der Waals surface area contributed by atoms with E-state index in [1.165, 1.54) is 0 Å². The zero-order valence-electron chi connectivity index (χ0n) is 13.1. The lowest BCUT2D eigenvalue weighted by Crippen LogP contribution is -2.53. The van der Waals surface area contributed by atoms with Gasteiger partial charge < -0.3 is 14.7 Å². The largest absolute Gasteiger partial charge is 0.342 e. The maximum atomic E-state index is 12.8. The quantitative estimate of drug-likeness (QED) is 0.759. The highest BCUT2D eigenvalue weighted by molar-refractivity contribution is 5.91. The third kappa shape index (κ3) is 3.36. The molecule has 2 fully saturated rings. The topological polar surface area (TPSA) is 60.9 Å². The van der Waals surface area contributed by atoms with Gasteiger partial charge in [0.1, 0.15) is 6.04 Å². The Morgan fingerprint density at radius 1 is 1.13 bits per heavy atom. The van der Waals surface area contributed by atoms with Crippen molar-refractivity contribution in [2.75, 3.05) is 26.2 Å². The van der Waals surface area contributed by atoms with Crippen LogP contribution in [0.2, 0.25) is 0 Å². The molecule has 2 aliphatic rings. The van der Waals surface area contributed by atoms with Crippen LogP contribution in [0.1, 0.15) is 18.4 Å². The minimum atomic E-state index is -0.370. The van der Waals surface area contributed by atoms with E-state index in [0.29, 0.717) is 45.6 Å². The third-order valence-electron chi connectivity index (χ3n) is 4.58. The van der Waals surface area contributed by atoms with E-state index in [2.05, 4.69) is 0 Å². The van der Waals surface area contributed by atoms with Gasteiger partial charge in [0.05, 0.1) is 0 Å². The number of hydrogen-bond acceptors (Lipinski definition) is 3. The number of carbonyl (C=O) groups is 3. The molecular weight excluding hydrogens is 294 g/mol. The summed E-state index contributed by atoms with van der Waals surface area (Å²) < 4.78 is 0. The highest BCUT2D eigenvalue weighted by Crippen LogP contribution is 2.23. The number of rotatable bonds is 4. The molecule has 23 heavy (non-hydrogen) atoms. The van der Waals surface area contributed by atoms with Gasteiger partial charge in [-0.15, -0.1) is 0 Å². The summed E-state index contributed by atoms with van der Waals surface area (Å²) in [6.45, 7) is 2.69. The molecule has 2 heterocycles. The molecule has 1 atom stereocenters. The fourth-order valence-electron chi connectivity index (χ4n) is 3.23. The van der Waals surface area contributed by atoms with Crippen LogP contribution >= 0.6 is 0 Å². The van der Waals surface area contributed by atoms with Crippen molar-refractivity contribution in [1.82, 2.24) is 14.7 Å². The van der Waals surface area contributed by atoms with Crippen LogP contribution in [-0.2, 0) is 20.9 Å². The smallest absolute Gasteiger partial charge is 0.245 e. The Balaban J connectivity index is 1.67. The molecule has 3 rings (SSSR count). The molecule has 0 aromatic heterocycles. The monoisotopic (exact) mass is 315 g/mol. The second-order valence-corrected chi connectivity index (χ2v) is 6.03. The van der Waals surface area contributed by atoms with Gasteiger partial charge in [-0.25, -0.2) is 0 Å². The lowest BCUT2D eigenvalue weighted by Gasteiger charge is -2.36. The first-order valence-electron chi connectivity index (χ1n) is 8.00. The number of benzene rings is 1. The first-order valence-corrected chi connectivity index (χ1v) is 8.00. The average Bonchev–Trinajstić information content (AvgIpc) is 2.96. The summed E-state index contributed by atoms with van der Waals surface area (Å²) in [5, 5.41) is 0. The van der Waals surface area contributed by atoms with Crippen LogP contribution in [0.3, 0.4) is 0 Å². The van der Waals surface area contributed by atoms with E-state index in [0.717, 1.165) is 12.0 Å². The molecule has 1 aromatic carbocycles. The molecule has 0 aliphatic carbocycles. The Bertz CT molecular complexity index is 582. The van der Waals surface area contributed by atoms with Crippen molar-refractivity contribution in [3.63, 3.8) is 0 Å². The molecule has 2 aliphatic heterocycles. The zero-order valence-corrected chi connectivity index (χ0v) is 13.1. The van der Waals surface area contributed by atoms with Crippen LogP contribution in [0.4, 0.5) is 0 Å². The van der Waals surface area contributed by atoms with Crippen molar-refractivity contribution in [1.29, 1.82) is 0 Å². The Kier molecular flexibility index (Phi) is 4.60. The normalized spacial score (nSPS) is 21.7. The van der Waals surface area contributed by atoms with Crippen LogP contribution in [-0.4, -0.2) is 65.1 Å². The van der Waals surface area contributed by atoms with E-state index >= 15 is 0 Å². The molecule has 0 N–H and O–H groups in total. The van der Waals surface area contributed by atoms with Gasteiger partial charge >= 0.3 is 0 Å². The fraction of sp³-hybridized carbons (Fsp3) is 0.471. The predicted octanol–water partition coefficient (Wildman–Crippen LogP) is 0.478. The van der Waals surface area contributed by atoms with Crippen molar-refractivity contribution < 1.29 is 14.4 Å². The van der Waals surface area contributed by atoms with Gasteiger partial charge in [0, 0.05) is 39.1 Å². The van der Waals surface area contributed by atoms with Gasteiger partial charge in [0.2, 0.25) is 18.2 Å². The van der Waals surface area contributed by atoms with Crippen molar-refractivity contribution in [3.05, 3.63) is 35.9 Å². The number of hydrogen-bond donors (Lipinski definition) is 0.